The van der Waals surface area contributed by atoms with Gasteiger partial charge in [0.25, 0.3) is 0 Å². The van der Waals surface area contributed by atoms with Gasteiger partial charge in [-0.3, -0.25) is 0 Å². The zero-order chi connectivity index (χ0) is 10.8. The first-order chi connectivity index (χ1) is 6.70. The first-order valence-corrected chi connectivity index (χ1v) is 5.01. The van der Waals surface area contributed by atoms with Crippen LogP contribution in [0.2, 0.25) is 0 Å². The van der Waals surface area contributed by atoms with Crippen LogP contribution in [0.25, 0.3) is 0 Å². The number of hydrogen-bond acceptors (Lipinski definition) is 3. The standard InChI is InChI=1S/C11H20N2O/c1-10(13-9-5-8-12)6-4-7-11(2)14-3/h6,11,13H,4-5,7,9H2,1-3H3/b10-6+/t11-/m0/s1. The molecule has 0 aromatic rings. The van der Waals surface area contributed by atoms with E-state index >= 15 is 0 Å². The fraction of sp³-hybridized carbons (Fsp3) is 0.727. The van der Waals surface area contributed by atoms with Crippen LogP contribution >= 0.6 is 0 Å². The van der Waals surface area contributed by atoms with Crippen molar-refractivity contribution in [3.63, 3.8) is 0 Å². The molecular formula is C11H20N2O. The number of nitriles is 1. The van der Waals surface area contributed by atoms with E-state index in [0.29, 0.717) is 12.5 Å². The minimum Gasteiger partial charge on any atom is -0.388 e. The first kappa shape index (κ1) is 13.0. The summed E-state index contributed by atoms with van der Waals surface area (Å²) in [5, 5.41) is 11.5. The van der Waals surface area contributed by atoms with Crippen molar-refractivity contribution >= 4 is 0 Å². The van der Waals surface area contributed by atoms with Crippen LogP contribution in [0.3, 0.4) is 0 Å². The monoisotopic (exact) mass is 196 g/mol. The van der Waals surface area contributed by atoms with E-state index in [1.807, 2.05) is 6.92 Å². The first-order valence-electron chi connectivity index (χ1n) is 5.01. The Labute approximate surface area is 86.8 Å². The zero-order valence-electron chi connectivity index (χ0n) is 9.34. The van der Waals surface area contributed by atoms with Crippen LogP contribution in [0.5, 0.6) is 0 Å². The highest BCUT2D eigenvalue weighted by molar-refractivity contribution is 4.95. The Kier molecular flexibility index (Phi) is 7.96. The number of allylic oxidation sites excluding steroid dienone is 2. The molecule has 1 N–H and O–H groups in total. The van der Waals surface area contributed by atoms with Crippen molar-refractivity contribution < 1.29 is 4.74 Å². The molecule has 0 amide bonds. The Bertz CT molecular complexity index is 206. The molecule has 0 radical (unpaired) electrons. The fourth-order valence-corrected chi connectivity index (χ4v) is 1.04. The molecule has 1 atom stereocenters. The summed E-state index contributed by atoms with van der Waals surface area (Å²) in [4.78, 5) is 0. The third-order valence-corrected chi connectivity index (χ3v) is 2.07. The fourth-order valence-electron chi connectivity index (χ4n) is 1.04. The van der Waals surface area contributed by atoms with Crippen LogP contribution in [0.4, 0.5) is 0 Å². The summed E-state index contributed by atoms with van der Waals surface area (Å²) in [5.74, 6) is 0. The third kappa shape index (κ3) is 7.63. The lowest BCUT2D eigenvalue weighted by Crippen LogP contribution is -2.12. The van der Waals surface area contributed by atoms with Gasteiger partial charge < -0.3 is 10.1 Å². The Balaban J connectivity index is 3.51. The van der Waals surface area contributed by atoms with Gasteiger partial charge in [0.05, 0.1) is 18.6 Å². The van der Waals surface area contributed by atoms with E-state index in [-0.39, 0.29) is 0 Å². The molecule has 0 unspecified atom stereocenters. The highest BCUT2D eigenvalue weighted by atomic mass is 16.5. The molecule has 0 aliphatic rings. The molecule has 14 heavy (non-hydrogen) atoms. The number of nitrogens with zero attached hydrogens (tertiary/aromatic N) is 1. The van der Waals surface area contributed by atoms with Crippen LogP contribution in [0, 0.1) is 11.3 Å². The highest BCUT2D eigenvalue weighted by Crippen LogP contribution is 2.02. The van der Waals surface area contributed by atoms with Gasteiger partial charge in [0.1, 0.15) is 0 Å². The molecular weight excluding hydrogens is 176 g/mol. The SMILES string of the molecule is CO[C@@H](C)CC/C=C(\C)NCCC#N. The van der Waals surface area contributed by atoms with E-state index < -0.39 is 0 Å². The average molecular weight is 196 g/mol. The third-order valence-electron chi connectivity index (χ3n) is 2.07. The van der Waals surface area contributed by atoms with Crippen molar-refractivity contribution in [3.8, 4) is 6.07 Å². The van der Waals surface area contributed by atoms with Gasteiger partial charge in [-0.15, -0.1) is 0 Å². The summed E-state index contributed by atoms with van der Waals surface area (Å²) < 4.78 is 5.14. The summed E-state index contributed by atoms with van der Waals surface area (Å²) in [5.41, 5.74) is 1.14. The zero-order valence-corrected chi connectivity index (χ0v) is 9.34. The molecule has 0 heterocycles. The molecule has 3 heteroatoms. The van der Waals surface area contributed by atoms with Crippen molar-refractivity contribution in [2.45, 2.75) is 39.2 Å². The van der Waals surface area contributed by atoms with Gasteiger partial charge in [-0.05, 0) is 26.7 Å². The number of hydrogen-bond donors (Lipinski definition) is 1. The summed E-state index contributed by atoms with van der Waals surface area (Å²) in [6, 6.07) is 2.10. The molecule has 0 fully saturated rings. The average Bonchev–Trinajstić information content (AvgIpc) is 2.18. The topological polar surface area (TPSA) is 45.0 Å². The number of ether oxygens (including phenoxy) is 1. The molecule has 3 nitrogen and oxygen atoms in total. The van der Waals surface area contributed by atoms with E-state index in [9.17, 15) is 0 Å². The molecule has 0 bridgehead atoms. The molecule has 0 aromatic carbocycles. The maximum atomic E-state index is 8.33. The minimum absolute atomic E-state index is 0.318. The predicted octanol–water partition coefficient (Wildman–Crippen LogP) is 2.21. The maximum absolute atomic E-state index is 8.33. The lowest BCUT2D eigenvalue weighted by molar-refractivity contribution is 0.112. The Morgan fingerprint density at radius 3 is 2.93 bits per heavy atom. The molecule has 0 aliphatic heterocycles. The lowest BCUT2D eigenvalue weighted by Gasteiger charge is -2.07. The second-order valence-electron chi connectivity index (χ2n) is 3.35. The normalized spacial score (nSPS) is 13.4. The van der Waals surface area contributed by atoms with E-state index in [1.54, 1.807) is 7.11 Å². The van der Waals surface area contributed by atoms with Gasteiger partial charge in [-0.2, -0.15) is 5.26 Å². The van der Waals surface area contributed by atoms with Gasteiger partial charge >= 0.3 is 0 Å². The van der Waals surface area contributed by atoms with Gasteiger partial charge in [0, 0.05) is 19.4 Å². The van der Waals surface area contributed by atoms with Crippen molar-refractivity contribution in [1.29, 1.82) is 5.26 Å². The van der Waals surface area contributed by atoms with E-state index in [1.165, 1.54) is 0 Å². The second kappa shape index (κ2) is 8.58. The quantitative estimate of drug-likeness (QED) is 0.635. The van der Waals surface area contributed by atoms with E-state index in [2.05, 4.69) is 24.4 Å². The number of nitrogens with one attached hydrogen (secondary N) is 1. The molecule has 0 rings (SSSR count). The summed E-state index contributed by atoms with van der Waals surface area (Å²) >= 11 is 0. The van der Waals surface area contributed by atoms with Crippen LogP contribution in [0.15, 0.2) is 11.8 Å². The number of methoxy groups -OCH3 is 1. The molecule has 80 valence electrons. The Morgan fingerprint density at radius 2 is 2.36 bits per heavy atom. The highest BCUT2D eigenvalue weighted by Gasteiger charge is 1.96. The van der Waals surface area contributed by atoms with Crippen LogP contribution in [-0.2, 0) is 4.74 Å². The van der Waals surface area contributed by atoms with Crippen LogP contribution < -0.4 is 5.32 Å². The summed E-state index contributed by atoms with van der Waals surface area (Å²) in [6.07, 6.45) is 5.07. The van der Waals surface area contributed by atoms with Crippen molar-refractivity contribution in [1.82, 2.24) is 5.32 Å². The molecule has 0 saturated carbocycles. The second-order valence-corrected chi connectivity index (χ2v) is 3.35. The van der Waals surface area contributed by atoms with Gasteiger partial charge in [0.2, 0.25) is 0 Å². The van der Waals surface area contributed by atoms with Gasteiger partial charge in [-0.1, -0.05) is 6.08 Å². The minimum atomic E-state index is 0.318. The van der Waals surface area contributed by atoms with Crippen LogP contribution in [0.1, 0.15) is 33.1 Å². The molecule has 0 aromatic heterocycles. The number of rotatable bonds is 7. The van der Waals surface area contributed by atoms with Gasteiger partial charge in [0.15, 0.2) is 0 Å². The Morgan fingerprint density at radius 1 is 1.64 bits per heavy atom. The predicted molar refractivity (Wildman–Crippen MR) is 57.7 cm³/mol. The van der Waals surface area contributed by atoms with Crippen molar-refractivity contribution in [3.05, 3.63) is 11.8 Å². The maximum Gasteiger partial charge on any atom is 0.0640 e. The van der Waals surface area contributed by atoms with E-state index in [4.69, 9.17) is 10.00 Å². The molecule has 0 aliphatic carbocycles. The van der Waals surface area contributed by atoms with Crippen molar-refractivity contribution in [2.75, 3.05) is 13.7 Å². The van der Waals surface area contributed by atoms with Crippen LogP contribution in [-0.4, -0.2) is 19.8 Å². The van der Waals surface area contributed by atoms with Gasteiger partial charge in [-0.25, -0.2) is 0 Å². The molecule has 0 spiro atoms. The van der Waals surface area contributed by atoms with E-state index in [0.717, 1.165) is 25.1 Å². The molecule has 0 saturated heterocycles. The smallest absolute Gasteiger partial charge is 0.0640 e. The summed E-state index contributed by atoms with van der Waals surface area (Å²) in [7, 11) is 1.73. The largest absolute Gasteiger partial charge is 0.388 e. The van der Waals surface area contributed by atoms with Crippen molar-refractivity contribution in [2.24, 2.45) is 0 Å². The Hall–Kier alpha value is -1.01. The summed E-state index contributed by atoms with van der Waals surface area (Å²) in [6.45, 7) is 4.82. The lowest BCUT2D eigenvalue weighted by atomic mass is 10.2.